The van der Waals surface area contributed by atoms with Gasteiger partial charge in [0.05, 0.1) is 10.7 Å². The number of benzene rings is 2. The molecule has 5 heteroatoms. The number of halogens is 3. The summed E-state index contributed by atoms with van der Waals surface area (Å²) < 4.78 is 13.0. The maximum absolute atomic E-state index is 13.0. The molecule has 0 aliphatic rings. The van der Waals surface area contributed by atoms with Crippen LogP contribution < -0.4 is 0 Å². The molecule has 0 aliphatic carbocycles. The molecular weight excluding hydrogens is 310 g/mol. The normalized spacial score (nSPS) is 10.9. The van der Waals surface area contributed by atoms with E-state index in [1.54, 1.807) is 24.3 Å². The molecule has 0 saturated carbocycles. The van der Waals surface area contributed by atoms with Gasteiger partial charge < -0.3 is 4.98 Å². The molecule has 0 atom stereocenters. The van der Waals surface area contributed by atoms with E-state index in [9.17, 15) is 4.39 Å². The minimum atomic E-state index is -0.270. The number of aromatic amines is 1. The van der Waals surface area contributed by atoms with Gasteiger partial charge in [-0.05, 0) is 49.4 Å². The highest BCUT2D eigenvalue weighted by atomic mass is 35.5. The van der Waals surface area contributed by atoms with Crippen LogP contribution in [0.15, 0.2) is 42.5 Å². The lowest BCUT2D eigenvalue weighted by Gasteiger charge is -2.01. The number of aromatic nitrogens is 2. The third-order valence-corrected chi connectivity index (χ3v) is 3.74. The molecule has 21 heavy (non-hydrogen) atoms. The second-order valence-electron chi connectivity index (χ2n) is 4.69. The van der Waals surface area contributed by atoms with Crippen LogP contribution in [0.2, 0.25) is 10.0 Å². The first-order chi connectivity index (χ1) is 10.0. The minimum absolute atomic E-state index is 0.270. The van der Waals surface area contributed by atoms with Gasteiger partial charge in [-0.25, -0.2) is 9.37 Å². The van der Waals surface area contributed by atoms with Gasteiger partial charge in [0.25, 0.3) is 0 Å². The van der Waals surface area contributed by atoms with Gasteiger partial charge in [0, 0.05) is 21.8 Å². The van der Waals surface area contributed by atoms with Crippen molar-refractivity contribution in [3.63, 3.8) is 0 Å². The smallest absolute Gasteiger partial charge is 0.139 e. The van der Waals surface area contributed by atoms with Gasteiger partial charge in [0.15, 0.2) is 0 Å². The second kappa shape index (κ2) is 5.51. The first-order valence-electron chi connectivity index (χ1n) is 6.32. The fourth-order valence-electron chi connectivity index (χ4n) is 2.16. The number of nitrogens with zero attached hydrogens (tertiary/aromatic N) is 1. The summed E-state index contributed by atoms with van der Waals surface area (Å²) in [6, 6.07) is 11.5. The summed E-state index contributed by atoms with van der Waals surface area (Å²) in [5.74, 6) is 0.390. The van der Waals surface area contributed by atoms with E-state index in [0.29, 0.717) is 15.9 Å². The second-order valence-corrected chi connectivity index (χ2v) is 5.53. The van der Waals surface area contributed by atoms with Gasteiger partial charge in [0.2, 0.25) is 0 Å². The summed E-state index contributed by atoms with van der Waals surface area (Å²) in [4.78, 5) is 7.77. The van der Waals surface area contributed by atoms with E-state index in [1.165, 1.54) is 12.1 Å². The number of imidazole rings is 1. The van der Waals surface area contributed by atoms with Gasteiger partial charge in [-0.2, -0.15) is 0 Å². The van der Waals surface area contributed by atoms with Gasteiger partial charge in [-0.3, -0.25) is 0 Å². The van der Waals surface area contributed by atoms with Gasteiger partial charge >= 0.3 is 0 Å². The molecule has 2 nitrogen and oxygen atoms in total. The Kier molecular flexibility index (Phi) is 3.70. The van der Waals surface area contributed by atoms with E-state index in [4.69, 9.17) is 23.2 Å². The predicted octanol–water partition coefficient (Wildman–Crippen LogP) is 5.50. The van der Waals surface area contributed by atoms with E-state index < -0.39 is 0 Å². The Morgan fingerprint density at radius 1 is 1.05 bits per heavy atom. The molecule has 0 radical (unpaired) electrons. The highest BCUT2D eigenvalue weighted by Crippen LogP contribution is 2.31. The average Bonchev–Trinajstić information content (AvgIpc) is 2.81. The predicted molar refractivity (Wildman–Crippen MR) is 84.2 cm³/mol. The number of hydrogen-bond donors (Lipinski definition) is 1. The van der Waals surface area contributed by atoms with Crippen LogP contribution >= 0.6 is 23.2 Å². The zero-order chi connectivity index (χ0) is 15.0. The van der Waals surface area contributed by atoms with E-state index >= 15 is 0 Å². The first-order valence-corrected chi connectivity index (χ1v) is 7.08. The quantitative estimate of drug-likeness (QED) is 0.663. The van der Waals surface area contributed by atoms with Crippen molar-refractivity contribution >= 4 is 23.2 Å². The highest BCUT2D eigenvalue weighted by Gasteiger charge is 2.13. The monoisotopic (exact) mass is 320 g/mol. The molecule has 3 rings (SSSR count). The highest BCUT2D eigenvalue weighted by molar-refractivity contribution is 6.36. The van der Waals surface area contributed by atoms with Crippen molar-refractivity contribution < 1.29 is 4.39 Å². The summed E-state index contributed by atoms with van der Waals surface area (Å²) >= 11 is 12.1. The zero-order valence-corrected chi connectivity index (χ0v) is 12.6. The van der Waals surface area contributed by atoms with Gasteiger partial charge in [-0.15, -0.1) is 0 Å². The summed E-state index contributed by atoms with van der Waals surface area (Å²) in [6.07, 6.45) is 0. The molecule has 2 aromatic carbocycles. The molecule has 0 fully saturated rings. The fraction of sp³-hybridized carbons (Fsp3) is 0.0625. The molecule has 0 aliphatic heterocycles. The maximum atomic E-state index is 13.0. The summed E-state index contributed by atoms with van der Waals surface area (Å²) in [5, 5.41) is 1.10. The lowest BCUT2D eigenvalue weighted by Crippen LogP contribution is -1.83. The molecule has 1 aromatic heterocycles. The van der Waals surface area contributed by atoms with Crippen LogP contribution in [0.25, 0.3) is 22.6 Å². The topological polar surface area (TPSA) is 28.7 Å². The van der Waals surface area contributed by atoms with Crippen LogP contribution in [0.1, 0.15) is 5.69 Å². The van der Waals surface area contributed by atoms with Crippen molar-refractivity contribution in [2.75, 3.05) is 0 Å². The third kappa shape index (κ3) is 2.80. The van der Waals surface area contributed by atoms with E-state index in [2.05, 4.69) is 9.97 Å². The van der Waals surface area contributed by atoms with Crippen LogP contribution in [0, 0.1) is 12.7 Å². The number of aryl methyl sites for hydroxylation is 1. The van der Waals surface area contributed by atoms with Gasteiger partial charge in [-0.1, -0.05) is 23.2 Å². The van der Waals surface area contributed by atoms with Crippen molar-refractivity contribution in [1.29, 1.82) is 0 Å². The molecule has 106 valence electrons. The minimum Gasteiger partial charge on any atom is -0.341 e. The van der Waals surface area contributed by atoms with Crippen LogP contribution in [0.3, 0.4) is 0 Å². The standard InChI is InChI=1S/C16H11Cl2FN2/c1-9-15(10-2-5-12(19)6-3-10)21-16(20-9)13-7-4-11(17)8-14(13)18/h2-8H,1H3,(H,20,21). The Labute approximate surface area is 131 Å². The Morgan fingerprint density at radius 3 is 2.43 bits per heavy atom. The fourth-order valence-corrected chi connectivity index (χ4v) is 2.66. The molecule has 0 unspecified atom stereocenters. The number of rotatable bonds is 2. The van der Waals surface area contributed by atoms with E-state index in [1.807, 2.05) is 13.0 Å². The average molecular weight is 321 g/mol. The number of nitrogens with one attached hydrogen (secondary N) is 1. The van der Waals surface area contributed by atoms with Crippen LogP contribution in [-0.2, 0) is 0 Å². The molecule has 1 N–H and O–H groups in total. The molecule has 1 heterocycles. The van der Waals surface area contributed by atoms with Gasteiger partial charge in [0.1, 0.15) is 11.6 Å². The van der Waals surface area contributed by atoms with Crippen LogP contribution in [-0.4, -0.2) is 9.97 Å². The summed E-state index contributed by atoms with van der Waals surface area (Å²) in [6.45, 7) is 1.92. The van der Waals surface area contributed by atoms with E-state index in [-0.39, 0.29) is 5.82 Å². The van der Waals surface area contributed by atoms with Crippen LogP contribution in [0.4, 0.5) is 4.39 Å². The first kappa shape index (κ1) is 14.1. The molecule has 0 saturated heterocycles. The van der Waals surface area contributed by atoms with E-state index in [0.717, 1.165) is 22.5 Å². The van der Waals surface area contributed by atoms with Crippen molar-refractivity contribution in [1.82, 2.24) is 9.97 Å². The van der Waals surface area contributed by atoms with Crippen molar-refractivity contribution in [3.8, 4) is 22.6 Å². The Bertz CT molecular complexity index is 795. The zero-order valence-electron chi connectivity index (χ0n) is 11.1. The molecule has 0 bridgehead atoms. The Balaban J connectivity index is 2.07. The summed E-state index contributed by atoms with van der Waals surface area (Å²) in [7, 11) is 0. The van der Waals surface area contributed by atoms with Crippen molar-refractivity contribution in [2.24, 2.45) is 0 Å². The largest absolute Gasteiger partial charge is 0.341 e. The third-order valence-electron chi connectivity index (χ3n) is 3.19. The molecular formula is C16H11Cl2FN2. The van der Waals surface area contributed by atoms with Crippen LogP contribution in [0.5, 0.6) is 0 Å². The summed E-state index contributed by atoms with van der Waals surface area (Å²) in [5.41, 5.74) is 3.29. The van der Waals surface area contributed by atoms with Crippen molar-refractivity contribution in [2.45, 2.75) is 6.92 Å². The number of hydrogen-bond acceptors (Lipinski definition) is 1. The Morgan fingerprint density at radius 2 is 1.76 bits per heavy atom. The SMILES string of the molecule is Cc1[nH]c(-c2ccc(Cl)cc2Cl)nc1-c1ccc(F)cc1. The maximum Gasteiger partial charge on any atom is 0.139 e. The molecule has 3 aromatic rings. The lowest BCUT2D eigenvalue weighted by molar-refractivity contribution is 0.628. The van der Waals surface area contributed by atoms with Crippen molar-refractivity contribution in [3.05, 3.63) is 64.0 Å². The molecule has 0 spiro atoms. The molecule has 0 amide bonds. The number of H-pyrrole nitrogens is 1. The Hall–Kier alpha value is -1.84. The lowest BCUT2D eigenvalue weighted by atomic mass is 10.1.